The monoisotopic (exact) mass is 320 g/mol. The van der Waals surface area contributed by atoms with Crippen molar-refractivity contribution in [2.75, 3.05) is 26.2 Å². The Morgan fingerprint density at radius 2 is 2.00 bits per heavy atom. The van der Waals surface area contributed by atoms with Gasteiger partial charge in [0.1, 0.15) is 0 Å². The van der Waals surface area contributed by atoms with Gasteiger partial charge < -0.3 is 15.4 Å². The van der Waals surface area contributed by atoms with E-state index in [1.165, 1.54) is 10.8 Å². The van der Waals surface area contributed by atoms with Crippen LogP contribution in [0.2, 0.25) is 0 Å². The third-order valence-electron chi connectivity index (χ3n) is 3.92. The number of nitrogens with two attached hydrogens (primary N) is 1. The van der Waals surface area contributed by atoms with Gasteiger partial charge in [-0.25, -0.2) is 0 Å². The summed E-state index contributed by atoms with van der Waals surface area (Å²) in [7, 11) is 0. The first-order chi connectivity index (χ1) is 10.3. The van der Waals surface area contributed by atoms with Gasteiger partial charge in [0.2, 0.25) is 5.91 Å². The smallest absolute Gasteiger partial charge is 0.227 e. The SMILES string of the molecule is Cl.NCC1CN(C(=O)Cc2ccc3ccccc3c2)CCO1. The van der Waals surface area contributed by atoms with Crippen LogP contribution in [-0.4, -0.2) is 43.2 Å². The molecule has 1 heterocycles. The van der Waals surface area contributed by atoms with Gasteiger partial charge in [0, 0.05) is 19.6 Å². The van der Waals surface area contributed by atoms with Crippen LogP contribution >= 0.6 is 12.4 Å². The van der Waals surface area contributed by atoms with Crippen LogP contribution in [0.5, 0.6) is 0 Å². The number of hydrogen-bond donors (Lipinski definition) is 1. The molecule has 0 aliphatic carbocycles. The standard InChI is InChI=1S/C17H20N2O2.ClH/c18-11-16-12-19(7-8-21-16)17(20)10-13-5-6-14-3-1-2-4-15(14)9-13;/h1-6,9,16H,7-8,10-12,18H2;1H. The van der Waals surface area contributed by atoms with Crippen molar-refractivity contribution in [1.82, 2.24) is 4.90 Å². The molecular formula is C17H21ClN2O2. The molecule has 0 radical (unpaired) electrons. The summed E-state index contributed by atoms with van der Waals surface area (Å²) in [6, 6.07) is 14.4. The van der Waals surface area contributed by atoms with Gasteiger partial charge in [-0.2, -0.15) is 0 Å². The van der Waals surface area contributed by atoms with Crippen LogP contribution in [0.1, 0.15) is 5.56 Å². The van der Waals surface area contributed by atoms with Crippen LogP contribution in [0.4, 0.5) is 0 Å². The number of fused-ring (bicyclic) bond motifs is 1. The number of nitrogens with zero attached hydrogens (tertiary/aromatic N) is 1. The highest BCUT2D eigenvalue weighted by Gasteiger charge is 2.23. The maximum atomic E-state index is 12.4. The van der Waals surface area contributed by atoms with Gasteiger partial charge in [0.15, 0.2) is 0 Å². The number of carbonyl (C=O) groups is 1. The second-order valence-corrected chi connectivity index (χ2v) is 5.43. The Kier molecular flexibility index (Phi) is 5.77. The van der Waals surface area contributed by atoms with Crippen molar-refractivity contribution in [3.8, 4) is 0 Å². The largest absolute Gasteiger partial charge is 0.373 e. The van der Waals surface area contributed by atoms with E-state index in [1.54, 1.807) is 0 Å². The highest BCUT2D eigenvalue weighted by Crippen LogP contribution is 2.17. The second-order valence-electron chi connectivity index (χ2n) is 5.43. The molecule has 0 bridgehead atoms. The van der Waals surface area contributed by atoms with Gasteiger partial charge >= 0.3 is 0 Å². The van der Waals surface area contributed by atoms with Gasteiger partial charge in [-0.1, -0.05) is 42.5 Å². The predicted octanol–water partition coefficient (Wildman–Crippen LogP) is 1.99. The van der Waals surface area contributed by atoms with Crippen LogP contribution in [0.3, 0.4) is 0 Å². The quantitative estimate of drug-likeness (QED) is 0.941. The lowest BCUT2D eigenvalue weighted by atomic mass is 10.0. The molecule has 2 aromatic rings. The third kappa shape index (κ3) is 3.77. The molecule has 1 unspecified atom stereocenters. The van der Waals surface area contributed by atoms with Gasteiger partial charge in [0.25, 0.3) is 0 Å². The van der Waals surface area contributed by atoms with E-state index in [4.69, 9.17) is 10.5 Å². The molecule has 2 aromatic carbocycles. The summed E-state index contributed by atoms with van der Waals surface area (Å²) in [4.78, 5) is 14.3. The molecule has 5 heteroatoms. The van der Waals surface area contributed by atoms with Gasteiger partial charge in [0.05, 0.1) is 19.1 Å². The minimum atomic E-state index is -0.0284. The van der Waals surface area contributed by atoms with Crippen LogP contribution in [0.25, 0.3) is 10.8 Å². The van der Waals surface area contributed by atoms with E-state index in [2.05, 4.69) is 24.3 Å². The van der Waals surface area contributed by atoms with E-state index in [0.717, 1.165) is 5.56 Å². The second kappa shape index (κ2) is 7.58. The summed E-state index contributed by atoms with van der Waals surface area (Å²) in [5.74, 6) is 0.145. The van der Waals surface area contributed by atoms with E-state index in [-0.39, 0.29) is 24.4 Å². The van der Waals surface area contributed by atoms with Crippen molar-refractivity contribution in [2.24, 2.45) is 5.73 Å². The van der Waals surface area contributed by atoms with E-state index in [9.17, 15) is 4.79 Å². The van der Waals surface area contributed by atoms with Crippen molar-refractivity contribution in [3.05, 3.63) is 48.0 Å². The average Bonchev–Trinajstić information content (AvgIpc) is 2.54. The molecule has 1 aliphatic heterocycles. The average molecular weight is 321 g/mol. The van der Waals surface area contributed by atoms with Gasteiger partial charge in [-0.3, -0.25) is 4.79 Å². The van der Waals surface area contributed by atoms with Crippen LogP contribution < -0.4 is 5.73 Å². The Balaban J connectivity index is 0.00000176. The number of halogens is 1. The van der Waals surface area contributed by atoms with E-state index < -0.39 is 0 Å². The van der Waals surface area contributed by atoms with Crippen molar-refractivity contribution < 1.29 is 9.53 Å². The first-order valence-electron chi connectivity index (χ1n) is 7.33. The summed E-state index contributed by atoms with van der Waals surface area (Å²) in [6.07, 6.45) is 0.404. The van der Waals surface area contributed by atoms with Gasteiger partial charge in [-0.05, 0) is 16.3 Å². The molecule has 4 nitrogen and oxygen atoms in total. The lowest BCUT2D eigenvalue weighted by Crippen LogP contribution is -2.48. The fraction of sp³-hybridized carbons (Fsp3) is 0.353. The predicted molar refractivity (Wildman–Crippen MR) is 90.3 cm³/mol. The molecule has 1 aliphatic rings. The minimum absolute atomic E-state index is 0. The fourth-order valence-electron chi connectivity index (χ4n) is 2.72. The number of benzene rings is 2. The topological polar surface area (TPSA) is 55.6 Å². The molecular weight excluding hydrogens is 300 g/mol. The van der Waals surface area contributed by atoms with Crippen molar-refractivity contribution in [2.45, 2.75) is 12.5 Å². The number of ether oxygens (including phenoxy) is 1. The van der Waals surface area contributed by atoms with Gasteiger partial charge in [-0.15, -0.1) is 12.4 Å². The highest BCUT2D eigenvalue weighted by molar-refractivity contribution is 5.86. The molecule has 2 N–H and O–H groups in total. The lowest BCUT2D eigenvalue weighted by molar-refractivity contribution is -0.137. The van der Waals surface area contributed by atoms with Crippen molar-refractivity contribution >= 4 is 29.1 Å². The Morgan fingerprint density at radius 3 is 2.77 bits per heavy atom. The number of rotatable bonds is 3. The molecule has 0 aromatic heterocycles. The molecule has 1 amide bonds. The molecule has 22 heavy (non-hydrogen) atoms. The van der Waals surface area contributed by atoms with E-state index >= 15 is 0 Å². The zero-order chi connectivity index (χ0) is 14.7. The normalized spacial score (nSPS) is 18.0. The number of morpholine rings is 1. The molecule has 118 valence electrons. The molecule has 1 saturated heterocycles. The zero-order valence-electron chi connectivity index (χ0n) is 12.4. The number of carbonyl (C=O) groups excluding carboxylic acids is 1. The maximum absolute atomic E-state index is 12.4. The lowest BCUT2D eigenvalue weighted by Gasteiger charge is -2.32. The molecule has 3 rings (SSSR count). The highest BCUT2D eigenvalue weighted by atomic mass is 35.5. The van der Waals surface area contributed by atoms with Crippen molar-refractivity contribution in [3.63, 3.8) is 0 Å². The fourth-order valence-corrected chi connectivity index (χ4v) is 2.72. The summed E-state index contributed by atoms with van der Waals surface area (Å²) >= 11 is 0. The summed E-state index contributed by atoms with van der Waals surface area (Å²) in [5, 5.41) is 2.37. The molecule has 1 atom stereocenters. The first-order valence-corrected chi connectivity index (χ1v) is 7.33. The maximum Gasteiger partial charge on any atom is 0.227 e. The summed E-state index contributed by atoms with van der Waals surface area (Å²) in [6.45, 7) is 2.29. The third-order valence-corrected chi connectivity index (χ3v) is 3.92. The van der Waals surface area contributed by atoms with Crippen LogP contribution in [0, 0.1) is 0 Å². The number of amides is 1. The molecule has 0 spiro atoms. The number of hydrogen-bond acceptors (Lipinski definition) is 3. The Bertz CT molecular complexity index is 647. The Morgan fingerprint density at radius 1 is 1.23 bits per heavy atom. The van der Waals surface area contributed by atoms with Crippen LogP contribution in [-0.2, 0) is 16.0 Å². The first kappa shape index (κ1) is 16.7. The molecule has 0 saturated carbocycles. The van der Waals surface area contributed by atoms with E-state index in [1.807, 2.05) is 23.1 Å². The Labute approximate surface area is 136 Å². The Hall–Kier alpha value is -1.62. The summed E-state index contributed by atoms with van der Waals surface area (Å²) in [5.41, 5.74) is 6.67. The van der Waals surface area contributed by atoms with Crippen LogP contribution in [0.15, 0.2) is 42.5 Å². The molecule has 1 fully saturated rings. The van der Waals surface area contributed by atoms with Crippen molar-refractivity contribution in [1.29, 1.82) is 0 Å². The summed E-state index contributed by atoms with van der Waals surface area (Å²) < 4.78 is 5.50. The minimum Gasteiger partial charge on any atom is -0.373 e. The van der Waals surface area contributed by atoms with E-state index in [0.29, 0.717) is 32.7 Å². The zero-order valence-corrected chi connectivity index (χ0v) is 13.2.